The molecule has 4 heteroatoms. The lowest BCUT2D eigenvalue weighted by molar-refractivity contribution is 0.137. The molecule has 2 N–H and O–H groups in total. The first kappa shape index (κ1) is 14.8. The van der Waals surface area contributed by atoms with Crippen LogP contribution in [-0.2, 0) is 0 Å². The van der Waals surface area contributed by atoms with Crippen molar-refractivity contribution in [1.82, 2.24) is 4.90 Å². The van der Waals surface area contributed by atoms with Gasteiger partial charge >= 0.3 is 0 Å². The maximum atomic E-state index is 6.00. The second-order valence-corrected chi connectivity index (χ2v) is 6.28. The molecular weight excluding hydrogens is 304 g/mol. The van der Waals surface area contributed by atoms with Crippen molar-refractivity contribution in [3.63, 3.8) is 0 Å². The molecule has 2 rings (SSSR count). The predicted octanol–water partition coefficient (Wildman–Crippen LogP) is 2.89. The average molecular weight is 327 g/mol. The highest BCUT2D eigenvalue weighted by atomic mass is 79.9. The zero-order valence-corrected chi connectivity index (χ0v) is 13.1. The van der Waals surface area contributed by atoms with Crippen LogP contribution in [0.5, 0.6) is 5.75 Å². The number of hydrogen-bond acceptors (Lipinski definition) is 3. The van der Waals surface area contributed by atoms with Crippen molar-refractivity contribution in [2.24, 2.45) is 11.7 Å². The Bertz CT molecular complexity index is 380. The summed E-state index contributed by atoms with van der Waals surface area (Å²) in [6, 6.07) is 8.29. The minimum Gasteiger partial charge on any atom is -0.492 e. The maximum Gasteiger partial charge on any atom is 0.119 e. The summed E-state index contributed by atoms with van der Waals surface area (Å²) in [5.41, 5.74) is 6.00. The Balaban J connectivity index is 1.72. The topological polar surface area (TPSA) is 38.5 Å². The van der Waals surface area contributed by atoms with Crippen molar-refractivity contribution in [3.05, 3.63) is 28.7 Å². The second kappa shape index (κ2) is 7.27. The molecule has 0 spiro atoms. The first-order chi connectivity index (χ1) is 9.15. The molecule has 19 heavy (non-hydrogen) atoms. The number of halogens is 1. The van der Waals surface area contributed by atoms with E-state index in [-0.39, 0.29) is 0 Å². The molecule has 0 radical (unpaired) electrons. The molecule has 0 aliphatic carbocycles. The standard InChI is InChI=1S/C15H23BrN2O/c1-12(17)13-3-2-8-18(11-13)9-10-19-15-6-4-14(16)5-7-15/h4-7,12-13H,2-3,8-11,17H2,1H3. The third-order valence-electron chi connectivity index (χ3n) is 3.78. The van der Waals surface area contributed by atoms with E-state index in [0.717, 1.165) is 29.9 Å². The highest BCUT2D eigenvalue weighted by Gasteiger charge is 2.22. The van der Waals surface area contributed by atoms with E-state index in [2.05, 4.69) is 27.8 Å². The van der Waals surface area contributed by atoms with E-state index in [4.69, 9.17) is 10.5 Å². The zero-order valence-electron chi connectivity index (χ0n) is 11.5. The van der Waals surface area contributed by atoms with Crippen molar-refractivity contribution in [2.75, 3.05) is 26.2 Å². The summed E-state index contributed by atoms with van der Waals surface area (Å²) in [5.74, 6) is 1.57. The Morgan fingerprint density at radius 2 is 2.16 bits per heavy atom. The monoisotopic (exact) mass is 326 g/mol. The summed E-state index contributed by atoms with van der Waals surface area (Å²) < 4.78 is 6.85. The summed E-state index contributed by atoms with van der Waals surface area (Å²) in [4.78, 5) is 2.47. The molecule has 0 aromatic heterocycles. The van der Waals surface area contributed by atoms with Crippen LogP contribution in [0.1, 0.15) is 19.8 Å². The summed E-state index contributed by atoms with van der Waals surface area (Å²) >= 11 is 3.42. The molecule has 2 atom stereocenters. The Morgan fingerprint density at radius 3 is 2.84 bits per heavy atom. The first-order valence-corrected chi connectivity index (χ1v) is 7.81. The van der Waals surface area contributed by atoms with Gasteiger partial charge in [0, 0.05) is 23.6 Å². The fourth-order valence-electron chi connectivity index (χ4n) is 2.55. The summed E-state index contributed by atoms with van der Waals surface area (Å²) in [6.07, 6.45) is 2.52. The van der Waals surface area contributed by atoms with Crippen LogP contribution in [0.15, 0.2) is 28.7 Å². The van der Waals surface area contributed by atoms with Gasteiger partial charge in [-0.15, -0.1) is 0 Å². The van der Waals surface area contributed by atoms with Crippen LogP contribution >= 0.6 is 15.9 Å². The Hall–Kier alpha value is -0.580. The van der Waals surface area contributed by atoms with Crippen molar-refractivity contribution in [3.8, 4) is 5.75 Å². The van der Waals surface area contributed by atoms with Crippen LogP contribution in [0, 0.1) is 5.92 Å². The van der Waals surface area contributed by atoms with Crippen molar-refractivity contribution < 1.29 is 4.74 Å². The molecule has 2 unspecified atom stereocenters. The lowest BCUT2D eigenvalue weighted by Crippen LogP contribution is -2.43. The molecule has 0 amide bonds. The maximum absolute atomic E-state index is 6.00. The van der Waals surface area contributed by atoms with Gasteiger partial charge in [0.2, 0.25) is 0 Å². The first-order valence-electron chi connectivity index (χ1n) is 7.01. The van der Waals surface area contributed by atoms with Gasteiger partial charge in [0.15, 0.2) is 0 Å². The molecule has 1 aromatic carbocycles. The predicted molar refractivity (Wildman–Crippen MR) is 82.5 cm³/mol. The number of nitrogens with two attached hydrogens (primary N) is 1. The van der Waals surface area contributed by atoms with Crippen LogP contribution in [0.4, 0.5) is 0 Å². The zero-order chi connectivity index (χ0) is 13.7. The smallest absolute Gasteiger partial charge is 0.119 e. The van der Waals surface area contributed by atoms with Gasteiger partial charge in [0.25, 0.3) is 0 Å². The van der Waals surface area contributed by atoms with Crippen LogP contribution < -0.4 is 10.5 Å². The number of hydrogen-bond donors (Lipinski definition) is 1. The quantitative estimate of drug-likeness (QED) is 0.904. The van der Waals surface area contributed by atoms with Gasteiger partial charge in [-0.2, -0.15) is 0 Å². The molecule has 1 aliphatic rings. The molecule has 0 bridgehead atoms. The lowest BCUT2D eigenvalue weighted by Gasteiger charge is -2.34. The van der Waals surface area contributed by atoms with Gasteiger partial charge in [-0.25, -0.2) is 0 Å². The van der Waals surface area contributed by atoms with Crippen LogP contribution in [0.3, 0.4) is 0 Å². The van der Waals surface area contributed by atoms with Gasteiger partial charge in [0.05, 0.1) is 0 Å². The molecule has 1 saturated heterocycles. The van der Waals surface area contributed by atoms with E-state index < -0.39 is 0 Å². The van der Waals surface area contributed by atoms with Gasteiger partial charge in [-0.3, -0.25) is 4.90 Å². The SMILES string of the molecule is CC(N)C1CCCN(CCOc2ccc(Br)cc2)C1. The molecule has 1 heterocycles. The van der Waals surface area contributed by atoms with Crippen molar-refractivity contribution >= 4 is 15.9 Å². The largest absolute Gasteiger partial charge is 0.492 e. The van der Waals surface area contributed by atoms with Crippen LogP contribution in [0.2, 0.25) is 0 Å². The Labute approximate surface area is 124 Å². The molecule has 1 aromatic rings. The van der Waals surface area contributed by atoms with Gasteiger partial charge in [-0.1, -0.05) is 15.9 Å². The van der Waals surface area contributed by atoms with E-state index in [1.54, 1.807) is 0 Å². The summed E-state index contributed by atoms with van der Waals surface area (Å²) in [7, 11) is 0. The molecule has 0 saturated carbocycles. The summed E-state index contributed by atoms with van der Waals surface area (Å²) in [5, 5.41) is 0. The van der Waals surface area contributed by atoms with E-state index in [0.29, 0.717) is 12.0 Å². The minimum absolute atomic E-state index is 0.301. The van der Waals surface area contributed by atoms with Gasteiger partial charge in [-0.05, 0) is 56.5 Å². The molecule has 106 valence electrons. The molecule has 1 aliphatic heterocycles. The van der Waals surface area contributed by atoms with E-state index >= 15 is 0 Å². The van der Waals surface area contributed by atoms with E-state index in [1.165, 1.54) is 19.4 Å². The second-order valence-electron chi connectivity index (χ2n) is 5.36. The number of piperidine rings is 1. The van der Waals surface area contributed by atoms with Crippen molar-refractivity contribution in [2.45, 2.75) is 25.8 Å². The lowest BCUT2D eigenvalue weighted by atomic mass is 9.92. The Kier molecular flexibility index (Phi) is 5.67. The Morgan fingerprint density at radius 1 is 1.42 bits per heavy atom. The van der Waals surface area contributed by atoms with Gasteiger partial charge < -0.3 is 10.5 Å². The van der Waals surface area contributed by atoms with Crippen molar-refractivity contribution in [1.29, 1.82) is 0 Å². The number of nitrogens with zero attached hydrogens (tertiary/aromatic N) is 1. The molecule has 1 fully saturated rings. The number of ether oxygens (including phenoxy) is 1. The van der Waals surface area contributed by atoms with E-state index in [9.17, 15) is 0 Å². The van der Waals surface area contributed by atoms with Crippen LogP contribution in [-0.4, -0.2) is 37.2 Å². The fourth-order valence-corrected chi connectivity index (χ4v) is 2.81. The summed E-state index contributed by atoms with van der Waals surface area (Å²) in [6.45, 7) is 6.13. The van der Waals surface area contributed by atoms with E-state index in [1.807, 2.05) is 24.3 Å². The number of likely N-dealkylation sites (tertiary alicyclic amines) is 1. The normalized spacial score (nSPS) is 22.2. The highest BCUT2D eigenvalue weighted by molar-refractivity contribution is 9.10. The van der Waals surface area contributed by atoms with Crippen LogP contribution in [0.25, 0.3) is 0 Å². The average Bonchev–Trinajstić information content (AvgIpc) is 2.41. The molecule has 3 nitrogen and oxygen atoms in total. The third-order valence-corrected chi connectivity index (χ3v) is 4.30. The third kappa shape index (κ3) is 4.79. The number of rotatable bonds is 5. The minimum atomic E-state index is 0.301. The number of benzene rings is 1. The highest BCUT2D eigenvalue weighted by Crippen LogP contribution is 2.19. The van der Waals surface area contributed by atoms with Gasteiger partial charge in [0.1, 0.15) is 12.4 Å². The molecular formula is C15H23BrN2O. The fraction of sp³-hybridized carbons (Fsp3) is 0.600.